The number of carbonyl (C=O) groups excluding carboxylic acids is 1. The zero-order valence-corrected chi connectivity index (χ0v) is 12.6. The number of benzene rings is 1. The highest BCUT2D eigenvalue weighted by atomic mass is 79.9. The molecule has 0 aliphatic carbocycles. The summed E-state index contributed by atoms with van der Waals surface area (Å²) in [6, 6.07) is 7.60. The highest BCUT2D eigenvalue weighted by Crippen LogP contribution is 2.14. The van der Waals surface area contributed by atoms with Crippen LogP contribution >= 0.6 is 15.9 Å². The predicted molar refractivity (Wildman–Crippen MR) is 77.9 cm³/mol. The molecule has 1 heterocycles. The number of rotatable bonds is 6. The van der Waals surface area contributed by atoms with Crippen molar-refractivity contribution in [1.82, 2.24) is 20.3 Å². The van der Waals surface area contributed by atoms with Gasteiger partial charge in [-0.1, -0.05) is 27.2 Å². The third-order valence-corrected chi connectivity index (χ3v) is 3.10. The summed E-state index contributed by atoms with van der Waals surface area (Å²) in [5.74, 6) is -0.234. The Morgan fingerprint density at radius 3 is 3.10 bits per heavy atom. The Kier molecular flexibility index (Phi) is 5.25. The number of aromatic nitrogens is 3. The first-order valence-corrected chi connectivity index (χ1v) is 6.95. The van der Waals surface area contributed by atoms with Crippen molar-refractivity contribution in [1.29, 1.82) is 0 Å². The lowest BCUT2D eigenvalue weighted by Gasteiger charge is -2.01. The summed E-state index contributed by atoms with van der Waals surface area (Å²) in [6.45, 7) is 1.17. The molecule has 0 unspecified atom stereocenters. The first kappa shape index (κ1) is 14.7. The molecule has 0 fully saturated rings. The average Bonchev–Trinajstić information content (AvgIpc) is 2.93. The van der Waals surface area contributed by atoms with Gasteiger partial charge in [0, 0.05) is 24.7 Å². The second-order valence-electron chi connectivity index (χ2n) is 4.13. The number of nitrogens with zero attached hydrogens (tertiary/aromatic N) is 3. The van der Waals surface area contributed by atoms with E-state index in [0.717, 1.165) is 16.6 Å². The molecule has 1 aromatic carbocycles. The topological polar surface area (TPSA) is 69.0 Å². The van der Waals surface area contributed by atoms with E-state index in [2.05, 4.69) is 31.6 Å². The van der Waals surface area contributed by atoms with Crippen molar-refractivity contribution in [3.8, 4) is 5.69 Å². The van der Waals surface area contributed by atoms with Gasteiger partial charge in [-0.2, -0.15) is 0 Å². The van der Waals surface area contributed by atoms with Crippen LogP contribution in [0.25, 0.3) is 5.69 Å². The van der Waals surface area contributed by atoms with Gasteiger partial charge in [0.2, 0.25) is 0 Å². The fourth-order valence-electron chi connectivity index (χ4n) is 1.62. The molecule has 1 amide bonds. The van der Waals surface area contributed by atoms with Crippen molar-refractivity contribution < 1.29 is 9.53 Å². The van der Waals surface area contributed by atoms with Crippen molar-refractivity contribution >= 4 is 21.8 Å². The van der Waals surface area contributed by atoms with Crippen LogP contribution in [0.2, 0.25) is 0 Å². The standard InChI is InChI=1S/C13H15BrN4O2/c1-20-7-3-6-15-13(19)12-9-18(17-16-12)11-5-2-4-10(14)8-11/h2,4-5,8-9H,3,6-7H2,1H3,(H,15,19). The van der Waals surface area contributed by atoms with Crippen LogP contribution in [0.5, 0.6) is 0 Å². The largest absolute Gasteiger partial charge is 0.385 e. The van der Waals surface area contributed by atoms with Gasteiger partial charge in [0.1, 0.15) is 0 Å². The van der Waals surface area contributed by atoms with Crippen molar-refractivity contribution in [3.63, 3.8) is 0 Å². The molecule has 0 spiro atoms. The van der Waals surface area contributed by atoms with Crippen molar-refractivity contribution in [2.75, 3.05) is 20.3 Å². The van der Waals surface area contributed by atoms with E-state index in [-0.39, 0.29) is 5.91 Å². The monoisotopic (exact) mass is 338 g/mol. The predicted octanol–water partition coefficient (Wildman–Crippen LogP) is 1.80. The molecule has 0 aliphatic rings. The minimum Gasteiger partial charge on any atom is -0.385 e. The summed E-state index contributed by atoms with van der Waals surface area (Å²) in [6.07, 6.45) is 2.37. The van der Waals surface area contributed by atoms with Crippen LogP contribution in [-0.2, 0) is 4.74 Å². The molecule has 0 aliphatic heterocycles. The van der Waals surface area contributed by atoms with E-state index in [1.54, 1.807) is 18.0 Å². The van der Waals surface area contributed by atoms with Crippen molar-refractivity contribution in [3.05, 3.63) is 40.6 Å². The second-order valence-corrected chi connectivity index (χ2v) is 5.05. The van der Waals surface area contributed by atoms with Gasteiger partial charge in [0.25, 0.3) is 5.91 Å². The third-order valence-electron chi connectivity index (χ3n) is 2.61. The highest BCUT2D eigenvalue weighted by molar-refractivity contribution is 9.10. The SMILES string of the molecule is COCCCNC(=O)c1cn(-c2cccc(Br)c2)nn1. The maximum Gasteiger partial charge on any atom is 0.273 e. The number of hydrogen-bond donors (Lipinski definition) is 1. The van der Waals surface area contributed by atoms with Gasteiger partial charge in [-0.05, 0) is 24.6 Å². The molecule has 2 rings (SSSR count). The van der Waals surface area contributed by atoms with Gasteiger partial charge < -0.3 is 10.1 Å². The Hall–Kier alpha value is -1.73. The Labute approximate surface area is 125 Å². The lowest BCUT2D eigenvalue weighted by molar-refractivity contribution is 0.0943. The minimum absolute atomic E-state index is 0.234. The van der Waals surface area contributed by atoms with Gasteiger partial charge in [-0.15, -0.1) is 5.10 Å². The zero-order valence-electron chi connectivity index (χ0n) is 11.0. The van der Waals surface area contributed by atoms with E-state index in [0.29, 0.717) is 18.8 Å². The van der Waals surface area contributed by atoms with E-state index in [1.165, 1.54) is 0 Å². The van der Waals surface area contributed by atoms with Crippen LogP contribution in [0.15, 0.2) is 34.9 Å². The molecule has 0 saturated heterocycles. The highest BCUT2D eigenvalue weighted by Gasteiger charge is 2.10. The summed E-state index contributed by atoms with van der Waals surface area (Å²) in [5.41, 5.74) is 1.13. The molecule has 1 aromatic heterocycles. The summed E-state index contributed by atoms with van der Waals surface area (Å²) >= 11 is 3.39. The lowest BCUT2D eigenvalue weighted by Crippen LogP contribution is -2.25. The molecule has 106 valence electrons. The van der Waals surface area contributed by atoms with Crippen LogP contribution in [0.1, 0.15) is 16.9 Å². The number of amides is 1. The molecule has 0 saturated carbocycles. The summed E-state index contributed by atoms with van der Waals surface area (Å²) in [5, 5.41) is 10.6. The summed E-state index contributed by atoms with van der Waals surface area (Å²) in [4.78, 5) is 11.8. The fourth-order valence-corrected chi connectivity index (χ4v) is 2.01. The minimum atomic E-state index is -0.234. The number of halogens is 1. The molecule has 2 aromatic rings. The van der Waals surface area contributed by atoms with Gasteiger partial charge >= 0.3 is 0 Å². The number of hydrogen-bond acceptors (Lipinski definition) is 4. The maximum absolute atomic E-state index is 11.8. The fraction of sp³-hybridized carbons (Fsp3) is 0.308. The molecule has 7 heteroatoms. The van der Waals surface area contributed by atoms with Crippen LogP contribution < -0.4 is 5.32 Å². The van der Waals surface area contributed by atoms with Crippen LogP contribution in [0, 0.1) is 0 Å². The maximum atomic E-state index is 11.8. The number of ether oxygens (including phenoxy) is 1. The Bertz CT molecular complexity index is 585. The number of carbonyl (C=O) groups is 1. The van der Waals surface area contributed by atoms with Gasteiger partial charge in [0.15, 0.2) is 5.69 Å². The molecular formula is C13H15BrN4O2. The van der Waals surface area contributed by atoms with E-state index in [9.17, 15) is 4.79 Å². The molecule has 0 bridgehead atoms. The van der Waals surface area contributed by atoms with Gasteiger partial charge in [-0.25, -0.2) is 4.68 Å². The Morgan fingerprint density at radius 1 is 1.50 bits per heavy atom. The average molecular weight is 339 g/mol. The van der Waals surface area contributed by atoms with Crippen LogP contribution in [0.3, 0.4) is 0 Å². The molecular weight excluding hydrogens is 324 g/mol. The second kappa shape index (κ2) is 7.16. The number of nitrogens with one attached hydrogen (secondary N) is 1. The Morgan fingerprint density at radius 2 is 2.35 bits per heavy atom. The van der Waals surface area contributed by atoms with Crippen molar-refractivity contribution in [2.45, 2.75) is 6.42 Å². The molecule has 20 heavy (non-hydrogen) atoms. The first-order valence-electron chi connectivity index (χ1n) is 6.16. The van der Waals surface area contributed by atoms with E-state index >= 15 is 0 Å². The summed E-state index contributed by atoms with van der Waals surface area (Å²) < 4.78 is 7.42. The lowest BCUT2D eigenvalue weighted by atomic mass is 10.3. The quantitative estimate of drug-likeness (QED) is 0.815. The van der Waals surface area contributed by atoms with E-state index < -0.39 is 0 Å². The summed E-state index contributed by atoms with van der Waals surface area (Å²) in [7, 11) is 1.63. The molecule has 0 atom stereocenters. The van der Waals surface area contributed by atoms with E-state index in [1.807, 2.05) is 24.3 Å². The van der Waals surface area contributed by atoms with Gasteiger partial charge in [0.05, 0.1) is 11.9 Å². The smallest absolute Gasteiger partial charge is 0.273 e. The Balaban J connectivity index is 2.00. The van der Waals surface area contributed by atoms with Crippen LogP contribution in [0.4, 0.5) is 0 Å². The van der Waals surface area contributed by atoms with Crippen molar-refractivity contribution in [2.24, 2.45) is 0 Å². The zero-order chi connectivity index (χ0) is 14.4. The van der Waals surface area contributed by atoms with Crippen LogP contribution in [-0.4, -0.2) is 41.2 Å². The molecule has 1 N–H and O–H groups in total. The number of methoxy groups -OCH3 is 1. The normalized spacial score (nSPS) is 10.5. The van der Waals surface area contributed by atoms with E-state index in [4.69, 9.17) is 4.74 Å². The first-order chi connectivity index (χ1) is 9.70. The third kappa shape index (κ3) is 3.88. The molecule has 6 nitrogen and oxygen atoms in total. The molecule has 0 radical (unpaired) electrons. The van der Waals surface area contributed by atoms with Gasteiger partial charge in [-0.3, -0.25) is 4.79 Å².